The van der Waals surface area contributed by atoms with Gasteiger partial charge in [0.2, 0.25) is 0 Å². The first-order valence-electron chi connectivity index (χ1n) is 7.86. The molecule has 1 N–H and O–H groups in total. The van der Waals surface area contributed by atoms with Crippen LogP contribution in [0.2, 0.25) is 5.02 Å². The van der Waals surface area contributed by atoms with E-state index in [1.807, 2.05) is 0 Å². The van der Waals surface area contributed by atoms with Crippen LogP contribution in [0.5, 0.6) is 11.5 Å². The smallest absolute Gasteiger partial charge is 0.254 e. The maximum Gasteiger partial charge on any atom is 0.254 e. The number of hydrogen-bond acceptors (Lipinski definition) is 3. The number of carbonyl (C=O) groups excluding carboxylic acids is 1. The van der Waals surface area contributed by atoms with Gasteiger partial charge < -0.3 is 15.0 Å². The van der Waals surface area contributed by atoms with Crippen molar-refractivity contribution in [1.29, 1.82) is 0 Å². The molecule has 1 saturated heterocycles. The van der Waals surface area contributed by atoms with Gasteiger partial charge >= 0.3 is 0 Å². The van der Waals surface area contributed by atoms with Gasteiger partial charge in [0.15, 0.2) is 11.6 Å². The van der Waals surface area contributed by atoms with Gasteiger partial charge in [-0.2, -0.15) is 0 Å². The van der Waals surface area contributed by atoms with Crippen LogP contribution in [0.3, 0.4) is 0 Å². The van der Waals surface area contributed by atoms with Crippen LogP contribution < -0.4 is 10.1 Å². The number of nitrogens with zero attached hydrogens (tertiary/aromatic N) is 1. The summed E-state index contributed by atoms with van der Waals surface area (Å²) in [5, 5.41) is 3.82. The molecular weight excluding hydrogens is 366 g/mol. The number of halogens is 3. The third-order valence-electron chi connectivity index (χ3n) is 3.85. The molecule has 1 heterocycles. The van der Waals surface area contributed by atoms with Gasteiger partial charge in [-0.05, 0) is 55.4 Å². The van der Waals surface area contributed by atoms with E-state index >= 15 is 0 Å². The van der Waals surface area contributed by atoms with Crippen molar-refractivity contribution >= 4 is 29.9 Å². The summed E-state index contributed by atoms with van der Waals surface area (Å²) in [7, 11) is 0. The lowest BCUT2D eigenvalue weighted by Crippen LogP contribution is -2.34. The fraction of sp³-hybridized carbons (Fsp3) is 0.278. The molecule has 1 aliphatic rings. The predicted molar refractivity (Wildman–Crippen MR) is 98.6 cm³/mol. The summed E-state index contributed by atoms with van der Waals surface area (Å²) < 4.78 is 19.8. The normalized spacial score (nSPS) is 14.4. The first-order valence-corrected chi connectivity index (χ1v) is 8.24. The molecule has 3 rings (SSSR count). The van der Waals surface area contributed by atoms with E-state index in [1.165, 1.54) is 12.1 Å². The van der Waals surface area contributed by atoms with Crippen molar-refractivity contribution in [2.75, 3.05) is 26.2 Å². The molecular formula is C18H19Cl2FN2O2. The van der Waals surface area contributed by atoms with E-state index < -0.39 is 5.82 Å². The Bertz CT molecular complexity index is 718. The Balaban J connectivity index is 0.00000225. The minimum Gasteiger partial charge on any atom is -0.454 e. The van der Waals surface area contributed by atoms with Crippen LogP contribution in [0.1, 0.15) is 16.8 Å². The Morgan fingerprint density at radius 2 is 1.88 bits per heavy atom. The van der Waals surface area contributed by atoms with Crippen molar-refractivity contribution in [1.82, 2.24) is 10.2 Å². The van der Waals surface area contributed by atoms with Gasteiger partial charge in [-0.15, -0.1) is 12.4 Å². The molecule has 1 aliphatic heterocycles. The maximum atomic E-state index is 14.3. The van der Waals surface area contributed by atoms with Crippen LogP contribution in [-0.2, 0) is 0 Å². The van der Waals surface area contributed by atoms with Crippen LogP contribution in [0.15, 0.2) is 42.5 Å². The predicted octanol–water partition coefficient (Wildman–Crippen LogP) is 4.13. The highest BCUT2D eigenvalue weighted by Crippen LogP contribution is 2.26. The van der Waals surface area contributed by atoms with Gasteiger partial charge in [-0.25, -0.2) is 4.39 Å². The second kappa shape index (κ2) is 9.04. The van der Waals surface area contributed by atoms with Crippen LogP contribution in [0, 0.1) is 5.82 Å². The minimum absolute atomic E-state index is 0. The summed E-state index contributed by atoms with van der Waals surface area (Å²) in [6, 6.07) is 10.9. The van der Waals surface area contributed by atoms with Crippen LogP contribution in [0.4, 0.5) is 4.39 Å². The molecule has 7 heteroatoms. The molecule has 2 aromatic rings. The quantitative estimate of drug-likeness (QED) is 0.864. The largest absolute Gasteiger partial charge is 0.454 e. The summed E-state index contributed by atoms with van der Waals surface area (Å²) in [6.45, 7) is 2.96. The first kappa shape index (κ1) is 19.5. The van der Waals surface area contributed by atoms with Crippen molar-refractivity contribution in [3.63, 3.8) is 0 Å². The van der Waals surface area contributed by atoms with E-state index in [1.54, 1.807) is 35.2 Å². The summed E-state index contributed by atoms with van der Waals surface area (Å²) >= 11 is 5.81. The first-order chi connectivity index (χ1) is 11.6. The standard InChI is InChI=1S/C18H18ClFN2O2.ClH/c19-14-3-5-15(6-4-14)24-17-7-2-13(12-16(17)20)18(23)22-10-1-8-21-9-11-22;/h2-7,12,21H,1,8-11H2;1H. The second-order valence-corrected chi connectivity index (χ2v) is 6.03. The number of nitrogens with one attached hydrogen (secondary N) is 1. The highest BCUT2D eigenvalue weighted by molar-refractivity contribution is 6.30. The molecule has 0 saturated carbocycles. The lowest BCUT2D eigenvalue weighted by Gasteiger charge is -2.20. The van der Waals surface area contributed by atoms with Gasteiger partial charge in [-0.1, -0.05) is 11.6 Å². The van der Waals surface area contributed by atoms with Crippen LogP contribution >= 0.6 is 24.0 Å². The van der Waals surface area contributed by atoms with Crippen molar-refractivity contribution in [3.8, 4) is 11.5 Å². The number of hydrogen-bond donors (Lipinski definition) is 1. The van der Waals surface area contributed by atoms with E-state index in [0.717, 1.165) is 19.5 Å². The lowest BCUT2D eigenvalue weighted by atomic mass is 10.1. The molecule has 0 aromatic heterocycles. The lowest BCUT2D eigenvalue weighted by molar-refractivity contribution is 0.0766. The minimum atomic E-state index is -0.566. The Labute approximate surface area is 157 Å². The average Bonchev–Trinajstić information content (AvgIpc) is 2.87. The summed E-state index contributed by atoms with van der Waals surface area (Å²) in [4.78, 5) is 14.2. The van der Waals surface area contributed by atoms with Gasteiger partial charge in [-0.3, -0.25) is 4.79 Å². The highest BCUT2D eigenvalue weighted by atomic mass is 35.5. The molecule has 1 fully saturated rings. The van der Waals surface area contributed by atoms with E-state index in [9.17, 15) is 9.18 Å². The molecule has 0 unspecified atom stereocenters. The monoisotopic (exact) mass is 384 g/mol. The Morgan fingerprint density at radius 3 is 2.60 bits per heavy atom. The van der Waals surface area contributed by atoms with E-state index in [0.29, 0.717) is 29.4 Å². The number of carbonyl (C=O) groups is 1. The fourth-order valence-corrected chi connectivity index (χ4v) is 2.70. The molecule has 4 nitrogen and oxygen atoms in total. The van der Waals surface area contributed by atoms with Crippen LogP contribution in [0.25, 0.3) is 0 Å². The third-order valence-corrected chi connectivity index (χ3v) is 4.10. The van der Waals surface area contributed by atoms with Gasteiger partial charge in [0.05, 0.1) is 0 Å². The maximum absolute atomic E-state index is 14.3. The fourth-order valence-electron chi connectivity index (χ4n) is 2.58. The van der Waals surface area contributed by atoms with E-state index in [-0.39, 0.29) is 24.1 Å². The molecule has 0 spiro atoms. The summed E-state index contributed by atoms with van der Waals surface area (Å²) in [5.74, 6) is -0.165. The van der Waals surface area contributed by atoms with Crippen molar-refractivity contribution < 1.29 is 13.9 Å². The average molecular weight is 385 g/mol. The molecule has 25 heavy (non-hydrogen) atoms. The Hall–Kier alpha value is -1.82. The molecule has 1 amide bonds. The topological polar surface area (TPSA) is 41.6 Å². The zero-order chi connectivity index (χ0) is 16.9. The second-order valence-electron chi connectivity index (χ2n) is 5.60. The van der Waals surface area contributed by atoms with Crippen molar-refractivity contribution in [3.05, 3.63) is 58.9 Å². The van der Waals surface area contributed by atoms with Crippen molar-refractivity contribution in [2.45, 2.75) is 6.42 Å². The zero-order valence-electron chi connectivity index (χ0n) is 13.5. The number of benzene rings is 2. The number of ether oxygens (including phenoxy) is 1. The van der Waals surface area contributed by atoms with E-state index in [4.69, 9.17) is 16.3 Å². The van der Waals surface area contributed by atoms with Gasteiger partial charge in [0, 0.05) is 30.2 Å². The third kappa shape index (κ3) is 5.08. The Morgan fingerprint density at radius 1 is 1.12 bits per heavy atom. The number of rotatable bonds is 3. The summed E-state index contributed by atoms with van der Waals surface area (Å²) in [6.07, 6.45) is 0.895. The van der Waals surface area contributed by atoms with E-state index in [2.05, 4.69) is 5.32 Å². The Kier molecular flexibility index (Phi) is 7.05. The van der Waals surface area contributed by atoms with Crippen molar-refractivity contribution in [2.24, 2.45) is 0 Å². The summed E-state index contributed by atoms with van der Waals surface area (Å²) in [5.41, 5.74) is 0.331. The SMILES string of the molecule is Cl.O=C(c1ccc(Oc2ccc(Cl)cc2)c(F)c1)N1CCCNCC1. The molecule has 0 bridgehead atoms. The molecule has 134 valence electrons. The van der Waals surface area contributed by atoms with Crippen LogP contribution in [-0.4, -0.2) is 37.0 Å². The molecule has 0 atom stereocenters. The molecule has 0 aliphatic carbocycles. The molecule has 2 aromatic carbocycles. The van der Waals surface area contributed by atoms with Gasteiger partial charge in [0.1, 0.15) is 5.75 Å². The number of amides is 1. The van der Waals surface area contributed by atoms with Gasteiger partial charge in [0.25, 0.3) is 5.91 Å². The zero-order valence-corrected chi connectivity index (χ0v) is 15.1. The highest BCUT2D eigenvalue weighted by Gasteiger charge is 2.18. The molecule has 0 radical (unpaired) electrons.